The number of rotatable bonds is 7. The lowest BCUT2D eigenvalue weighted by atomic mass is 9.85. The summed E-state index contributed by atoms with van der Waals surface area (Å²) in [5, 5.41) is 11.4. The Labute approximate surface area is 171 Å². The van der Waals surface area contributed by atoms with Crippen LogP contribution in [0, 0.1) is 5.82 Å². The maximum absolute atomic E-state index is 13.6. The molecule has 2 N–H and O–H groups in total. The molecule has 0 spiro atoms. The predicted molar refractivity (Wildman–Crippen MR) is 111 cm³/mol. The molecule has 2 aromatic rings. The van der Waals surface area contributed by atoms with Crippen molar-refractivity contribution in [2.45, 2.75) is 58.2 Å². The molecule has 1 aliphatic rings. The summed E-state index contributed by atoms with van der Waals surface area (Å²) in [4.78, 5) is 9.30. The molecule has 8 heteroatoms. The number of nitrogens with zero attached hydrogens (tertiary/aromatic N) is 4. The van der Waals surface area contributed by atoms with E-state index in [-0.39, 0.29) is 17.3 Å². The van der Waals surface area contributed by atoms with Gasteiger partial charge in [-0.1, -0.05) is 26.0 Å². The molecule has 1 atom stereocenters. The van der Waals surface area contributed by atoms with E-state index in [4.69, 9.17) is 9.73 Å². The van der Waals surface area contributed by atoms with Gasteiger partial charge in [-0.3, -0.25) is 4.99 Å². The molecule has 1 aromatic carbocycles. The van der Waals surface area contributed by atoms with Crippen molar-refractivity contribution in [1.82, 2.24) is 25.4 Å². The molecular formula is C21H31FN6O. The highest BCUT2D eigenvalue weighted by Crippen LogP contribution is 2.24. The molecular weight excluding hydrogens is 371 g/mol. The van der Waals surface area contributed by atoms with Gasteiger partial charge in [0.2, 0.25) is 0 Å². The first-order valence-electron chi connectivity index (χ1n) is 10.1. The fourth-order valence-electron chi connectivity index (χ4n) is 3.46. The van der Waals surface area contributed by atoms with Crippen LogP contribution in [-0.4, -0.2) is 47.0 Å². The van der Waals surface area contributed by atoms with Crippen LogP contribution in [0.1, 0.15) is 44.4 Å². The molecule has 0 radical (unpaired) electrons. The van der Waals surface area contributed by atoms with Gasteiger partial charge < -0.3 is 15.4 Å². The van der Waals surface area contributed by atoms with Gasteiger partial charge in [-0.15, -0.1) is 0 Å². The molecule has 0 fully saturated rings. The summed E-state index contributed by atoms with van der Waals surface area (Å²) in [5.74, 6) is 2.27. The maximum Gasteiger partial charge on any atom is 0.191 e. The summed E-state index contributed by atoms with van der Waals surface area (Å²) < 4.78 is 20.7. The van der Waals surface area contributed by atoms with E-state index in [0.717, 1.165) is 49.1 Å². The molecule has 2 heterocycles. The van der Waals surface area contributed by atoms with Crippen LogP contribution in [0.2, 0.25) is 0 Å². The highest BCUT2D eigenvalue weighted by molar-refractivity contribution is 5.80. The van der Waals surface area contributed by atoms with E-state index in [2.05, 4.69) is 34.6 Å². The Morgan fingerprint density at radius 3 is 2.97 bits per heavy atom. The predicted octanol–water partition coefficient (Wildman–Crippen LogP) is 2.41. The van der Waals surface area contributed by atoms with Gasteiger partial charge in [0.1, 0.15) is 18.2 Å². The van der Waals surface area contributed by atoms with Crippen LogP contribution in [0.4, 0.5) is 4.39 Å². The van der Waals surface area contributed by atoms with E-state index >= 15 is 0 Å². The number of methoxy groups -OCH3 is 1. The number of halogens is 1. The monoisotopic (exact) mass is 402 g/mol. The summed E-state index contributed by atoms with van der Waals surface area (Å²) in [7, 11) is 1.65. The first-order chi connectivity index (χ1) is 13.9. The molecule has 0 bridgehead atoms. The smallest absolute Gasteiger partial charge is 0.191 e. The maximum atomic E-state index is 13.6. The lowest BCUT2D eigenvalue weighted by molar-refractivity contribution is 0.177. The van der Waals surface area contributed by atoms with Crippen LogP contribution in [0.5, 0.6) is 0 Å². The zero-order valence-corrected chi connectivity index (χ0v) is 17.7. The zero-order valence-electron chi connectivity index (χ0n) is 17.7. The Morgan fingerprint density at radius 1 is 1.41 bits per heavy atom. The van der Waals surface area contributed by atoms with Crippen molar-refractivity contribution in [1.29, 1.82) is 0 Å². The molecule has 0 amide bonds. The third-order valence-corrected chi connectivity index (χ3v) is 5.10. The topological polar surface area (TPSA) is 76.4 Å². The molecule has 0 saturated heterocycles. The number of aryl methyl sites for hydroxylation is 1. The minimum Gasteiger partial charge on any atom is -0.377 e. The summed E-state index contributed by atoms with van der Waals surface area (Å²) in [6, 6.07) is 6.96. The Morgan fingerprint density at radius 2 is 2.24 bits per heavy atom. The van der Waals surface area contributed by atoms with Gasteiger partial charge in [-0.25, -0.2) is 14.1 Å². The molecule has 0 aliphatic carbocycles. The normalized spacial score (nSPS) is 17.1. The minimum absolute atomic E-state index is 0.217. The summed E-state index contributed by atoms with van der Waals surface area (Å²) >= 11 is 0. The number of ether oxygens (including phenoxy) is 1. The fourth-order valence-corrected chi connectivity index (χ4v) is 3.46. The molecule has 3 rings (SSSR count). The largest absolute Gasteiger partial charge is 0.377 e. The van der Waals surface area contributed by atoms with Crippen molar-refractivity contribution in [3.63, 3.8) is 0 Å². The first kappa shape index (κ1) is 21.2. The van der Waals surface area contributed by atoms with Crippen LogP contribution in [0.25, 0.3) is 0 Å². The lowest BCUT2D eigenvalue weighted by Gasteiger charge is -2.27. The highest BCUT2D eigenvalue weighted by atomic mass is 19.1. The second kappa shape index (κ2) is 9.35. The highest BCUT2D eigenvalue weighted by Gasteiger charge is 2.24. The quantitative estimate of drug-likeness (QED) is 0.549. The Kier molecular flexibility index (Phi) is 6.84. The number of aromatic nitrogens is 3. The number of nitrogens with one attached hydrogen (secondary N) is 2. The lowest BCUT2D eigenvalue weighted by Crippen LogP contribution is -2.47. The van der Waals surface area contributed by atoms with Crippen LogP contribution >= 0.6 is 0 Å². The van der Waals surface area contributed by atoms with Crippen molar-refractivity contribution >= 4 is 5.96 Å². The standard InChI is InChI=1S/C21H31FN6O/c1-5-23-20(24-14-21(2,3)15-7-6-8-16(22)11-15)25-17-9-10-19-26-18(13-29-4)27-28(19)12-17/h6-8,11,17H,5,9-10,12-14H2,1-4H3,(H2,23,24,25). The van der Waals surface area contributed by atoms with Gasteiger partial charge in [0.25, 0.3) is 0 Å². The minimum atomic E-state index is -0.273. The molecule has 158 valence electrons. The van der Waals surface area contributed by atoms with Crippen LogP contribution in [-0.2, 0) is 29.7 Å². The van der Waals surface area contributed by atoms with E-state index in [1.165, 1.54) is 6.07 Å². The van der Waals surface area contributed by atoms with Crippen molar-refractivity contribution < 1.29 is 9.13 Å². The summed E-state index contributed by atoms with van der Waals surface area (Å²) in [6.45, 7) is 8.68. The van der Waals surface area contributed by atoms with Gasteiger partial charge in [0, 0.05) is 31.5 Å². The molecule has 29 heavy (non-hydrogen) atoms. The molecule has 7 nitrogen and oxygen atoms in total. The van der Waals surface area contributed by atoms with Gasteiger partial charge in [-0.05, 0) is 31.0 Å². The third kappa shape index (κ3) is 5.53. The fraction of sp³-hybridized carbons (Fsp3) is 0.571. The van der Waals surface area contributed by atoms with Crippen molar-refractivity contribution in [2.75, 3.05) is 20.2 Å². The number of hydrogen-bond donors (Lipinski definition) is 2. The summed E-state index contributed by atoms with van der Waals surface area (Å²) in [6.07, 6.45) is 1.82. The van der Waals surface area contributed by atoms with E-state index in [9.17, 15) is 4.39 Å². The molecule has 0 saturated carbocycles. The van der Waals surface area contributed by atoms with E-state index < -0.39 is 0 Å². The van der Waals surface area contributed by atoms with Crippen LogP contribution in [0.3, 0.4) is 0 Å². The average Bonchev–Trinajstić information content (AvgIpc) is 3.08. The third-order valence-electron chi connectivity index (χ3n) is 5.10. The number of fused-ring (bicyclic) bond motifs is 1. The van der Waals surface area contributed by atoms with Crippen LogP contribution in [0.15, 0.2) is 29.3 Å². The summed E-state index contributed by atoms with van der Waals surface area (Å²) in [5.41, 5.74) is 0.665. The number of benzene rings is 1. The number of aliphatic imine (C=N–C) groups is 1. The molecule has 1 aliphatic heterocycles. The van der Waals surface area contributed by atoms with E-state index in [0.29, 0.717) is 13.2 Å². The second-order valence-electron chi connectivity index (χ2n) is 8.03. The SMILES string of the molecule is CCNC(=NCC(C)(C)c1cccc(F)c1)NC1CCc2nc(COC)nn2C1. The van der Waals surface area contributed by atoms with Gasteiger partial charge in [0.05, 0.1) is 13.1 Å². The first-order valence-corrected chi connectivity index (χ1v) is 10.1. The van der Waals surface area contributed by atoms with E-state index in [1.807, 2.05) is 17.7 Å². The second-order valence-corrected chi connectivity index (χ2v) is 8.03. The zero-order chi connectivity index (χ0) is 20.9. The van der Waals surface area contributed by atoms with Crippen molar-refractivity contribution in [3.8, 4) is 0 Å². The van der Waals surface area contributed by atoms with E-state index in [1.54, 1.807) is 19.2 Å². The molecule has 1 aromatic heterocycles. The Balaban J connectivity index is 1.66. The number of guanidine groups is 1. The van der Waals surface area contributed by atoms with Gasteiger partial charge in [-0.2, -0.15) is 5.10 Å². The van der Waals surface area contributed by atoms with Crippen LogP contribution < -0.4 is 10.6 Å². The van der Waals surface area contributed by atoms with Crippen molar-refractivity contribution in [2.24, 2.45) is 4.99 Å². The van der Waals surface area contributed by atoms with Gasteiger partial charge in [0.15, 0.2) is 11.8 Å². The Bertz CT molecular complexity index is 847. The Hall–Kier alpha value is -2.48. The average molecular weight is 403 g/mol. The van der Waals surface area contributed by atoms with Crippen molar-refractivity contribution in [3.05, 3.63) is 47.3 Å². The number of hydrogen-bond acceptors (Lipinski definition) is 4. The van der Waals surface area contributed by atoms with Gasteiger partial charge >= 0.3 is 0 Å². The molecule has 1 unspecified atom stereocenters.